The summed E-state index contributed by atoms with van der Waals surface area (Å²) in [5, 5.41) is 5.52. The summed E-state index contributed by atoms with van der Waals surface area (Å²) >= 11 is 1.49. The van der Waals surface area contributed by atoms with Crippen LogP contribution in [0, 0.1) is 0 Å². The molecule has 1 heterocycles. The molecule has 4 N–H and O–H groups in total. The Morgan fingerprint density at radius 2 is 2.40 bits per heavy atom. The Morgan fingerprint density at radius 1 is 1.70 bits per heavy atom. The number of carbonyl (C=O) groups is 1. The van der Waals surface area contributed by atoms with E-state index in [4.69, 9.17) is 5.73 Å². The Morgan fingerprint density at radius 3 is 2.90 bits per heavy atom. The molecule has 0 aliphatic carbocycles. The lowest BCUT2D eigenvalue weighted by Gasteiger charge is -2.22. The molecule has 0 aromatic carbocycles. The lowest BCUT2D eigenvalue weighted by Crippen LogP contribution is -2.47. The minimum atomic E-state index is -0.143. The molecule has 0 unspecified atom stereocenters. The van der Waals surface area contributed by atoms with Crippen LogP contribution in [0.25, 0.3) is 0 Å². The van der Waals surface area contributed by atoms with Crippen molar-refractivity contribution in [2.24, 2.45) is 5.73 Å². The first-order valence-electron chi connectivity index (χ1n) is 2.79. The van der Waals surface area contributed by atoms with Crippen molar-refractivity contribution in [3.8, 4) is 0 Å². The van der Waals surface area contributed by atoms with Crippen molar-refractivity contribution in [2.45, 2.75) is 5.50 Å². The minimum absolute atomic E-state index is 0.0856. The van der Waals surface area contributed by atoms with Crippen LogP contribution in [0.2, 0.25) is 0 Å². The second-order valence-corrected chi connectivity index (χ2v) is 2.81. The van der Waals surface area contributed by atoms with E-state index in [9.17, 15) is 4.79 Å². The van der Waals surface area contributed by atoms with Crippen LogP contribution in [0.15, 0.2) is 11.9 Å². The first kappa shape index (κ1) is 7.27. The van der Waals surface area contributed by atoms with Gasteiger partial charge in [0.05, 0.1) is 0 Å². The van der Waals surface area contributed by atoms with Crippen LogP contribution in [0.1, 0.15) is 0 Å². The number of thioether (sulfide) groups is 1. The first-order valence-corrected chi connectivity index (χ1v) is 4.08. The molecule has 0 spiro atoms. The molecule has 0 radical (unpaired) electrons. The smallest absolute Gasteiger partial charge is 0.249 e. The van der Waals surface area contributed by atoms with E-state index in [0.29, 0.717) is 5.82 Å². The zero-order valence-corrected chi connectivity index (χ0v) is 6.37. The zero-order chi connectivity index (χ0) is 7.56. The van der Waals surface area contributed by atoms with Crippen molar-refractivity contribution in [1.82, 2.24) is 10.6 Å². The third kappa shape index (κ3) is 1.57. The highest BCUT2D eigenvalue weighted by Gasteiger charge is 2.14. The van der Waals surface area contributed by atoms with Gasteiger partial charge in [0.15, 0.2) is 0 Å². The summed E-state index contributed by atoms with van der Waals surface area (Å²) in [6, 6.07) is 0. The van der Waals surface area contributed by atoms with Crippen molar-refractivity contribution in [1.29, 1.82) is 0 Å². The van der Waals surface area contributed by atoms with Crippen LogP contribution < -0.4 is 16.4 Å². The highest BCUT2D eigenvalue weighted by atomic mass is 32.2. The molecule has 0 aromatic heterocycles. The summed E-state index contributed by atoms with van der Waals surface area (Å²) in [4.78, 5) is 10.7. The normalized spacial score (nSPS) is 24.7. The molecule has 10 heavy (non-hydrogen) atoms. The van der Waals surface area contributed by atoms with Crippen molar-refractivity contribution in [3.05, 3.63) is 11.9 Å². The van der Waals surface area contributed by atoms with Crippen molar-refractivity contribution < 1.29 is 4.79 Å². The van der Waals surface area contributed by atoms with Crippen molar-refractivity contribution >= 4 is 17.7 Å². The Balaban J connectivity index is 2.60. The van der Waals surface area contributed by atoms with Gasteiger partial charge in [-0.1, -0.05) is 0 Å². The topological polar surface area (TPSA) is 67.2 Å². The number of nitrogens with two attached hydrogens (primary N) is 1. The van der Waals surface area contributed by atoms with Gasteiger partial charge in [0.25, 0.3) is 0 Å². The van der Waals surface area contributed by atoms with Gasteiger partial charge in [0.1, 0.15) is 11.3 Å². The average Bonchev–Trinajstić information content (AvgIpc) is 1.85. The number of hydrogen-bond donors (Lipinski definition) is 3. The summed E-state index contributed by atoms with van der Waals surface area (Å²) in [5.41, 5.74) is 5.28. The van der Waals surface area contributed by atoms with E-state index >= 15 is 0 Å². The molecule has 56 valence electrons. The monoisotopic (exact) mass is 159 g/mol. The highest BCUT2D eigenvalue weighted by Crippen LogP contribution is 2.03. The quantitative estimate of drug-likeness (QED) is 0.466. The summed E-state index contributed by atoms with van der Waals surface area (Å²) < 4.78 is 0. The lowest BCUT2D eigenvalue weighted by atomic mass is 10.4. The summed E-state index contributed by atoms with van der Waals surface area (Å²) in [7, 11) is 0. The van der Waals surface area contributed by atoms with Gasteiger partial charge in [-0.3, -0.25) is 4.79 Å². The molecule has 5 heteroatoms. The predicted molar refractivity (Wildman–Crippen MR) is 40.9 cm³/mol. The first-order chi connectivity index (χ1) is 4.72. The Kier molecular flexibility index (Phi) is 2.06. The second-order valence-electron chi connectivity index (χ2n) is 1.87. The molecule has 0 fully saturated rings. The van der Waals surface area contributed by atoms with E-state index in [-0.39, 0.29) is 11.4 Å². The average molecular weight is 159 g/mol. The highest BCUT2D eigenvalue weighted by molar-refractivity contribution is 7.99. The summed E-state index contributed by atoms with van der Waals surface area (Å²) in [5.74, 6) is 0.277. The second kappa shape index (κ2) is 2.83. The fourth-order valence-electron chi connectivity index (χ4n) is 0.659. The van der Waals surface area contributed by atoms with E-state index < -0.39 is 0 Å². The Bertz CT molecular complexity index is 180. The molecule has 4 nitrogen and oxygen atoms in total. The van der Waals surface area contributed by atoms with Crippen LogP contribution in [0.4, 0.5) is 0 Å². The molecule has 1 aliphatic rings. The van der Waals surface area contributed by atoms with E-state index in [0.717, 1.165) is 0 Å². The SMILES string of the molecule is CS[C@@H]1NC(=O)C=C(N)N1. The summed E-state index contributed by atoms with van der Waals surface area (Å²) in [6.07, 6.45) is 3.21. The minimum Gasteiger partial charge on any atom is -0.385 e. The lowest BCUT2D eigenvalue weighted by molar-refractivity contribution is -0.117. The number of nitrogens with one attached hydrogen (secondary N) is 2. The van der Waals surface area contributed by atoms with Crippen molar-refractivity contribution in [2.75, 3.05) is 6.26 Å². The van der Waals surface area contributed by atoms with E-state index in [1.165, 1.54) is 17.8 Å². The number of carbonyl (C=O) groups excluding carboxylic acids is 1. The molecule has 0 aromatic rings. The molecule has 0 bridgehead atoms. The molecular formula is C5H9N3OS. The van der Waals surface area contributed by atoms with E-state index in [2.05, 4.69) is 10.6 Å². The maximum atomic E-state index is 10.7. The molecule has 0 saturated heterocycles. The van der Waals surface area contributed by atoms with Gasteiger partial charge in [-0.2, -0.15) is 0 Å². The fourth-order valence-corrected chi connectivity index (χ4v) is 1.15. The van der Waals surface area contributed by atoms with Gasteiger partial charge < -0.3 is 16.4 Å². The van der Waals surface area contributed by atoms with Gasteiger partial charge in [0.2, 0.25) is 5.91 Å². The molecule has 0 saturated carbocycles. The van der Waals surface area contributed by atoms with Crippen LogP contribution >= 0.6 is 11.8 Å². The van der Waals surface area contributed by atoms with Crippen molar-refractivity contribution in [3.63, 3.8) is 0 Å². The predicted octanol–water partition coefficient (Wildman–Crippen LogP) is -0.847. The fraction of sp³-hybridized carbons (Fsp3) is 0.400. The van der Waals surface area contributed by atoms with Gasteiger partial charge >= 0.3 is 0 Å². The number of rotatable bonds is 1. The van der Waals surface area contributed by atoms with E-state index in [1.807, 2.05) is 6.26 Å². The third-order valence-electron chi connectivity index (χ3n) is 1.09. The van der Waals surface area contributed by atoms with Gasteiger partial charge in [-0.15, -0.1) is 11.8 Å². The van der Waals surface area contributed by atoms with Gasteiger partial charge in [-0.05, 0) is 6.26 Å². The standard InChI is InChI=1S/C5H9N3OS/c1-10-5-7-3(6)2-4(9)8-5/h2,5,7H,6H2,1H3,(H,8,9)/t5-/m0/s1. The van der Waals surface area contributed by atoms with Crippen LogP contribution in [0.3, 0.4) is 0 Å². The molecule has 1 aliphatic heterocycles. The number of hydrogen-bond acceptors (Lipinski definition) is 4. The maximum absolute atomic E-state index is 10.7. The van der Waals surface area contributed by atoms with Gasteiger partial charge in [-0.25, -0.2) is 0 Å². The number of amides is 1. The molecule has 1 amide bonds. The Labute approximate surface area is 63.2 Å². The van der Waals surface area contributed by atoms with E-state index in [1.54, 1.807) is 0 Å². The molecular weight excluding hydrogens is 150 g/mol. The molecule has 1 rings (SSSR count). The van der Waals surface area contributed by atoms with Crippen LogP contribution in [-0.2, 0) is 4.79 Å². The largest absolute Gasteiger partial charge is 0.385 e. The third-order valence-corrected chi connectivity index (χ3v) is 1.80. The maximum Gasteiger partial charge on any atom is 0.249 e. The van der Waals surface area contributed by atoms with Crippen LogP contribution in [-0.4, -0.2) is 17.7 Å². The zero-order valence-electron chi connectivity index (χ0n) is 5.55. The molecule has 1 atom stereocenters. The Hall–Kier alpha value is -0.840. The van der Waals surface area contributed by atoms with Gasteiger partial charge in [0, 0.05) is 6.08 Å². The van der Waals surface area contributed by atoms with Crippen LogP contribution in [0.5, 0.6) is 0 Å². The summed E-state index contributed by atoms with van der Waals surface area (Å²) in [6.45, 7) is 0.